The lowest BCUT2D eigenvalue weighted by Crippen LogP contribution is -2.40. The average molecular weight is 512 g/mol. The zero-order chi connectivity index (χ0) is 25.9. The third kappa shape index (κ3) is 6.15. The molecular formula is C23H28ClF2N5O4. The van der Waals surface area contributed by atoms with Gasteiger partial charge in [0.15, 0.2) is 17.3 Å². The Labute approximate surface area is 206 Å². The van der Waals surface area contributed by atoms with Crippen molar-refractivity contribution in [2.75, 3.05) is 19.0 Å². The number of halogens is 3. The predicted molar refractivity (Wildman–Crippen MR) is 125 cm³/mol. The lowest BCUT2D eigenvalue weighted by molar-refractivity contribution is -0.121. The van der Waals surface area contributed by atoms with Gasteiger partial charge < -0.3 is 25.7 Å². The minimum absolute atomic E-state index is 0.000747. The molecule has 35 heavy (non-hydrogen) atoms. The molecule has 2 aromatic rings. The molecule has 3 amide bonds. The van der Waals surface area contributed by atoms with E-state index in [1.165, 1.54) is 13.4 Å². The highest BCUT2D eigenvalue weighted by Gasteiger charge is 2.32. The van der Waals surface area contributed by atoms with Crippen molar-refractivity contribution in [3.05, 3.63) is 46.5 Å². The maximum atomic E-state index is 13.5. The van der Waals surface area contributed by atoms with Crippen LogP contribution in [0.4, 0.5) is 14.5 Å². The van der Waals surface area contributed by atoms with Gasteiger partial charge in [0.2, 0.25) is 5.91 Å². The summed E-state index contributed by atoms with van der Waals surface area (Å²) in [5, 5.41) is 5.14. The summed E-state index contributed by atoms with van der Waals surface area (Å²) >= 11 is 5.90. The summed E-state index contributed by atoms with van der Waals surface area (Å²) in [6, 6.07) is 1.45. The van der Waals surface area contributed by atoms with Gasteiger partial charge in [0.1, 0.15) is 5.69 Å². The molecule has 0 aliphatic heterocycles. The lowest BCUT2D eigenvalue weighted by Gasteiger charge is -2.29. The lowest BCUT2D eigenvalue weighted by atomic mass is 9.85. The number of primary amides is 1. The van der Waals surface area contributed by atoms with Crippen LogP contribution in [0.5, 0.6) is 0 Å². The monoisotopic (exact) mass is 511 g/mol. The van der Waals surface area contributed by atoms with Gasteiger partial charge in [-0.1, -0.05) is 11.6 Å². The number of carbonyl (C=O) groups is 3. The second kappa shape index (κ2) is 10.7. The second-order valence-electron chi connectivity index (χ2n) is 9.10. The van der Waals surface area contributed by atoms with Gasteiger partial charge in [-0.15, -0.1) is 0 Å². The normalized spacial score (nSPS) is 18.2. The Morgan fingerprint density at radius 3 is 2.43 bits per heavy atom. The van der Waals surface area contributed by atoms with E-state index < -0.39 is 35.0 Å². The van der Waals surface area contributed by atoms with Gasteiger partial charge in [-0.05, 0) is 45.6 Å². The van der Waals surface area contributed by atoms with Crippen LogP contribution in [0.2, 0.25) is 5.02 Å². The molecule has 1 aliphatic rings. The summed E-state index contributed by atoms with van der Waals surface area (Å²) in [7, 11) is 1.53. The molecule has 0 radical (unpaired) electrons. The molecule has 1 aromatic carbocycles. The van der Waals surface area contributed by atoms with Gasteiger partial charge in [-0.3, -0.25) is 14.4 Å². The predicted octanol–water partition coefficient (Wildman–Crippen LogP) is 3.44. The summed E-state index contributed by atoms with van der Waals surface area (Å²) < 4.78 is 33.6. The summed E-state index contributed by atoms with van der Waals surface area (Å²) in [6.45, 7) is 3.81. The quantitative estimate of drug-likeness (QED) is 0.468. The molecule has 9 nitrogen and oxygen atoms in total. The van der Waals surface area contributed by atoms with Crippen LogP contribution < -0.4 is 16.4 Å². The van der Waals surface area contributed by atoms with E-state index in [2.05, 4.69) is 15.6 Å². The Morgan fingerprint density at radius 1 is 1.20 bits per heavy atom. The molecule has 1 aliphatic carbocycles. The number of hydrogen-bond donors (Lipinski definition) is 3. The highest BCUT2D eigenvalue weighted by atomic mass is 35.5. The summed E-state index contributed by atoms with van der Waals surface area (Å²) in [4.78, 5) is 41.6. The van der Waals surface area contributed by atoms with Gasteiger partial charge in [0.25, 0.3) is 11.8 Å². The largest absolute Gasteiger partial charge is 0.377 e. The minimum Gasteiger partial charge on any atom is -0.377 e. The average Bonchev–Trinajstić information content (AvgIpc) is 3.27. The Bertz CT molecular complexity index is 1130. The van der Waals surface area contributed by atoms with Crippen molar-refractivity contribution < 1.29 is 27.9 Å². The number of anilines is 1. The van der Waals surface area contributed by atoms with Crippen molar-refractivity contribution >= 4 is 35.0 Å². The first-order valence-corrected chi connectivity index (χ1v) is 11.5. The number of methoxy groups -OCH3 is 1. The molecule has 0 saturated heterocycles. The molecule has 0 bridgehead atoms. The Hall–Kier alpha value is -3.05. The van der Waals surface area contributed by atoms with Crippen molar-refractivity contribution in [3.8, 4) is 0 Å². The van der Waals surface area contributed by atoms with Crippen molar-refractivity contribution in [3.63, 3.8) is 0 Å². The number of hydrogen-bond acceptors (Lipinski definition) is 5. The van der Waals surface area contributed by atoms with Crippen molar-refractivity contribution in [2.24, 2.45) is 11.7 Å². The number of nitrogens with two attached hydrogens (primary N) is 1. The maximum absolute atomic E-state index is 13.5. The molecule has 190 valence electrons. The molecule has 1 fully saturated rings. The van der Waals surface area contributed by atoms with E-state index in [1.54, 1.807) is 18.4 Å². The van der Waals surface area contributed by atoms with Crippen LogP contribution in [0.15, 0.2) is 18.5 Å². The number of rotatable bonds is 8. The first-order chi connectivity index (χ1) is 16.4. The number of ether oxygens (including phenoxy) is 1. The van der Waals surface area contributed by atoms with Crippen molar-refractivity contribution in [2.45, 2.75) is 51.2 Å². The minimum atomic E-state index is -1.11. The summed E-state index contributed by atoms with van der Waals surface area (Å²) in [6.07, 6.45) is 3.34. The van der Waals surface area contributed by atoms with Crippen LogP contribution in [0, 0.1) is 17.6 Å². The number of carbonyl (C=O) groups excluding carboxylic acids is 3. The number of amides is 3. The Morgan fingerprint density at radius 2 is 1.83 bits per heavy atom. The highest BCUT2D eigenvalue weighted by molar-refractivity contribution is 6.33. The Balaban J connectivity index is 1.67. The van der Waals surface area contributed by atoms with Crippen molar-refractivity contribution in [1.82, 2.24) is 14.9 Å². The summed E-state index contributed by atoms with van der Waals surface area (Å²) in [5.41, 5.74) is 4.89. The molecule has 1 saturated carbocycles. The fraction of sp³-hybridized carbons (Fsp3) is 0.478. The fourth-order valence-corrected chi connectivity index (χ4v) is 4.16. The number of imidazole rings is 1. The molecule has 0 unspecified atom stereocenters. The van der Waals surface area contributed by atoms with Gasteiger partial charge >= 0.3 is 0 Å². The van der Waals surface area contributed by atoms with Gasteiger partial charge in [-0.25, -0.2) is 13.8 Å². The molecule has 0 atom stereocenters. The van der Waals surface area contributed by atoms with E-state index in [0.29, 0.717) is 25.7 Å². The number of nitrogens with zero attached hydrogens (tertiary/aromatic N) is 2. The molecule has 0 spiro atoms. The molecule has 3 rings (SSSR count). The number of nitrogens with one attached hydrogen (secondary N) is 2. The van der Waals surface area contributed by atoms with Gasteiger partial charge in [0, 0.05) is 31.7 Å². The van der Waals surface area contributed by atoms with Crippen molar-refractivity contribution in [1.29, 1.82) is 0 Å². The molecule has 1 aromatic heterocycles. The van der Waals surface area contributed by atoms with Gasteiger partial charge in [-0.2, -0.15) is 0 Å². The van der Waals surface area contributed by atoms with E-state index in [4.69, 9.17) is 22.1 Å². The van der Waals surface area contributed by atoms with Crippen LogP contribution in [0.1, 0.15) is 66.5 Å². The second-order valence-corrected chi connectivity index (χ2v) is 9.51. The molecule has 1 heterocycles. The van der Waals surface area contributed by atoms with Crippen LogP contribution in [-0.2, 0) is 9.53 Å². The zero-order valence-electron chi connectivity index (χ0n) is 19.7. The first kappa shape index (κ1) is 26.6. The standard InChI is InChI=1S/C23H28ClF2N5O4/c1-23(2,35-3)10-28-22(34)18-19(20(27)32)31(11-29-18)13-6-4-12(5-7-13)21(33)30-17-9-16(26)15(25)8-14(17)24/h8-9,11-13H,4-7,10H2,1-3H3,(H2,27,32)(H,28,34)(H,30,33)/t12-,13-. The number of benzene rings is 1. The smallest absolute Gasteiger partial charge is 0.272 e. The topological polar surface area (TPSA) is 128 Å². The van der Waals surface area contributed by atoms with Crippen LogP contribution in [0.25, 0.3) is 0 Å². The molecule has 12 heteroatoms. The molecular weight excluding hydrogens is 484 g/mol. The molecule has 4 N–H and O–H groups in total. The van der Waals surface area contributed by atoms with E-state index in [9.17, 15) is 23.2 Å². The van der Waals surface area contributed by atoms with Gasteiger partial charge in [0.05, 0.1) is 22.6 Å². The van der Waals surface area contributed by atoms with E-state index in [-0.39, 0.29) is 40.6 Å². The van der Waals surface area contributed by atoms with Crippen LogP contribution in [0.3, 0.4) is 0 Å². The first-order valence-electron chi connectivity index (χ1n) is 11.1. The third-order valence-electron chi connectivity index (χ3n) is 6.20. The maximum Gasteiger partial charge on any atom is 0.272 e. The highest BCUT2D eigenvalue weighted by Crippen LogP contribution is 2.35. The van der Waals surface area contributed by atoms with Crippen LogP contribution >= 0.6 is 11.6 Å². The third-order valence-corrected chi connectivity index (χ3v) is 6.51. The summed E-state index contributed by atoms with van der Waals surface area (Å²) in [5.74, 6) is -4.30. The fourth-order valence-electron chi connectivity index (χ4n) is 3.97. The number of aromatic nitrogens is 2. The Kier molecular flexibility index (Phi) is 8.11. The zero-order valence-corrected chi connectivity index (χ0v) is 20.4. The van der Waals surface area contributed by atoms with E-state index >= 15 is 0 Å². The van der Waals surface area contributed by atoms with E-state index in [1.807, 2.05) is 0 Å². The SMILES string of the molecule is COC(C)(C)CNC(=O)c1ncn([C@H]2CC[C@H](C(=O)Nc3cc(F)c(F)cc3Cl)CC2)c1C(N)=O. The van der Waals surface area contributed by atoms with Crippen LogP contribution in [-0.4, -0.2) is 46.5 Å². The van der Waals surface area contributed by atoms with E-state index in [0.717, 1.165) is 12.1 Å².